The van der Waals surface area contributed by atoms with Crippen LogP contribution in [0.25, 0.3) is 0 Å². The highest BCUT2D eigenvalue weighted by Crippen LogP contribution is 2.33. The van der Waals surface area contributed by atoms with Gasteiger partial charge in [-0.05, 0) is 13.8 Å². The van der Waals surface area contributed by atoms with Crippen molar-refractivity contribution in [1.29, 1.82) is 0 Å². The van der Waals surface area contributed by atoms with Crippen LogP contribution in [0.4, 0.5) is 5.82 Å². The summed E-state index contributed by atoms with van der Waals surface area (Å²) in [5, 5.41) is 0. The van der Waals surface area contributed by atoms with Crippen LogP contribution in [-0.4, -0.2) is 42.1 Å². The van der Waals surface area contributed by atoms with Crippen LogP contribution >= 0.6 is 0 Å². The number of ether oxygens (including phenoxy) is 2. The normalized spacial score (nSPS) is 22.7. The maximum Gasteiger partial charge on any atom is 0.171 e. The molecule has 2 aliphatic heterocycles. The predicted octanol–water partition coefficient (Wildman–Crippen LogP) is 1.44. The van der Waals surface area contributed by atoms with Crippen molar-refractivity contribution < 1.29 is 9.47 Å². The van der Waals surface area contributed by atoms with E-state index in [1.165, 1.54) is 0 Å². The van der Waals surface area contributed by atoms with Gasteiger partial charge >= 0.3 is 0 Å². The van der Waals surface area contributed by atoms with Crippen LogP contribution in [0, 0.1) is 13.8 Å². The van der Waals surface area contributed by atoms with Crippen LogP contribution in [-0.2, 0) is 9.47 Å². The fourth-order valence-electron chi connectivity index (χ4n) is 2.67. The van der Waals surface area contributed by atoms with Gasteiger partial charge in [-0.15, -0.1) is 0 Å². The second-order valence-corrected chi connectivity index (χ2v) is 5.02. The fourth-order valence-corrected chi connectivity index (χ4v) is 2.67. The summed E-state index contributed by atoms with van der Waals surface area (Å²) < 4.78 is 11.5. The molecule has 3 rings (SSSR count). The minimum Gasteiger partial charge on any atom is -0.355 e. The summed E-state index contributed by atoms with van der Waals surface area (Å²) in [7, 11) is 0. The highest BCUT2D eigenvalue weighted by Gasteiger charge is 2.40. The zero-order chi connectivity index (χ0) is 12.6. The van der Waals surface area contributed by atoms with Gasteiger partial charge in [-0.3, -0.25) is 4.98 Å². The second kappa shape index (κ2) is 4.48. The van der Waals surface area contributed by atoms with E-state index in [2.05, 4.69) is 14.9 Å². The van der Waals surface area contributed by atoms with Gasteiger partial charge in [0.05, 0.1) is 24.6 Å². The van der Waals surface area contributed by atoms with Gasteiger partial charge in [-0.1, -0.05) is 0 Å². The Labute approximate surface area is 107 Å². The van der Waals surface area contributed by atoms with E-state index in [0.29, 0.717) is 0 Å². The van der Waals surface area contributed by atoms with Crippen molar-refractivity contribution in [2.75, 3.05) is 31.2 Å². The van der Waals surface area contributed by atoms with Crippen molar-refractivity contribution in [3.05, 3.63) is 17.6 Å². The SMILES string of the molecule is Cc1cnc(C)c(N2CCC3(CC2)OCCO3)n1. The number of aryl methyl sites for hydroxylation is 2. The lowest BCUT2D eigenvalue weighted by atomic mass is 10.0. The third-order valence-electron chi connectivity index (χ3n) is 3.69. The number of hydrogen-bond acceptors (Lipinski definition) is 5. The lowest BCUT2D eigenvalue weighted by Crippen LogP contribution is -2.45. The molecule has 1 aromatic heterocycles. The van der Waals surface area contributed by atoms with E-state index < -0.39 is 0 Å². The standard InChI is InChI=1S/C13H19N3O2/c1-10-9-14-11(2)12(15-10)16-5-3-13(4-6-16)17-7-8-18-13/h9H,3-8H2,1-2H3. The first-order valence-electron chi connectivity index (χ1n) is 6.52. The molecule has 3 heterocycles. The summed E-state index contributed by atoms with van der Waals surface area (Å²) in [5.41, 5.74) is 1.95. The maximum absolute atomic E-state index is 5.73. The van der Waals surface area contributed by atoms with Crippen LogP contribution in [0.1, 0.15) is 24.2 Å². The van der Waals surface area contributed by atoms with Gasteiger partial charge in [0, 0.05) is 32.1 Å². The van der Waals surface area contributed by atoms with Gasteiger partial charge in [0.25, 0.3) is 0 Å². The molecule has 5 nitrogen and oxygen atoms in total. The van der Waals surface area contributed by atoms with Gasteiger partial charge in [0.1, 0.15) is 5.82 Å². The summed E-state index contributed by atoms with van der Waals surface area (Å²) in [6, 6.07) is 0. The van der Waals surface area contributed by atoms with E-state index in [1.54, 1.807) is 0 Å². The van der Waals surface area contributed by atoms with Crippen molar-refractivity contribution in [2.24, 2.45) is 0 Å². The average molecular weight is 249 g/mol. The molecule has 0 aromatic carbocycles. The van der Waals surface area contributed by atoms with Crippen LogP contribution in [0.3, 0.4) is 0 Å². The molecule has 98 valence electrons. The topological polar surface area (TPSA) is 47.5 Å². The van der Waals surface area contributed by atoms with Crippen LogP contribution in [0.5, 0.6) is 0 Å². The highest BCUT2D eigenvalue weighted by molar-refractivity contribution is 5.43. The number of hydrogen-bond donors (Lipinski definition) is 0. The van der Waals surface area contributed by atoms with E-state index in [1.807, 2.05) is 20.0 Å². The molecular formula is C13H19N3O2. The zero-order valence-corrected chi connectivity index (χ0v) is 11.0. The Hall–Kier alpha value is -1.20. The first kappa shape index (κ1) is 11.9. The Morgan fingerprint density at radius 2 is 1.83 bits per heavy atom. The summed E-state index contributed by atoms with van der Waals surface area (Å²) in [6.07, 6.45) is 3.62. The van der Waals surface area contributed by atoms with E-state index in [9.17, 15) is 0 Å². The van der Waals surface area contributed by atoms with Gasteiger partial charge in [0.2, 0.25) is 0 Å². The molecule has 0 saturated carbocycles. The van der Waals surface area contributed by atoms with Crippen LogP contribution in [0.15, 0.2) is 6.20 Å². The summed E-state index contributed by atoms with van der Waals surface area (Å²) in [6.45, 7) is 7.27. The third-order valence-corrected chi connectivity index (χ3v) is 3.69. The summed E-state index contributed by atoms with van der Waals surface area (Å²) in [5.74, 6) is 0.685. The largest absolute Gasteiger partial charge is 0.355 e. The lowest BCUT2D eigenvalue weighted by Gasteiger charge is -2.38. The molecule has 1 aromatic rings. The molecule has 0 aliphatic carbocycles. The zero-order valence-electron chi connectivity index (χ0n) is 11.0. The Morgan fingerprint density at radius 3 is 2.50 bits per heavy atom. The summed E-state index contributed by atoms with van der Waals surface area (Å²) >= 11 is 0. The highest BCUT2D eigenvalue weighted by atomic mass is 16.7. The Bertz CT molecular complexity index is 434. The molecule has 2 aliphatic rings. The predicted molar refractivity (Wildman–Crippen MR) is 67.6 cm³/mol. The number of rotatable bonds is 1. The average Bonchev–Trinajstić information content (AvgIpc) is 2.82. The molecular weight excluding hydrogens is 230 g/mol. The molecule has 2 saturated heterocycles. The molecule has 0 bridgehead atoms. The van der Waals surface area contributed by atoms with E-state index in [-0.39, 0.29) is 5.79 Å². The monoisotopic (exact) mass is 249 g/mol. The molecule has 0 atom stereocenters. The van der Waals surface area contributed by atoms with E-state index >= 15 is 0 Å². The van der Waals surface area contributed by atoms with Gasteiger partial charge in [0.15, 0.2) is 5.79 Å². The lowest BCUT2D eigenvalue weighted by molar-refractivity contribution is -0.169. The Morgan fingerprint density at radius 1 is 1.17 bits per heavy atom. The molecule has 0 amide bonds. The van der Waals surface area contributed by atoms with E-state index in [4.69, 9.17) is 9.47 Å². The van der Waals surface area contributed by atoms with Crippen molar-refractivity contribution in [2.45, 2.75) is 32.5 Å². The first-order chi connectivity index (χ1) is 8.69. The minimum absolute atomic E-state index is 0.318. The van der Waals surface area contributed by atoms with Crippen molar-refractivity contribution >= 4 is 5.82 Å². The minimum atomic E-state index is -0.318. The van der Waals surface area contributed by atoms with E-state index in [0.717, 1.165) is 56.4 Å². The Balaban J connectivity index is 1.74. The molecule has 2 fully saturated rings. The Kier molecular flexibility index (Phi) is 2.95. The third kappa shape index (κ3) is 2.08. The molecule has 5 heteroatoms. The number of piperidine rings is 1. The number of anilines is 1. The van der Waals surface area contributed by atoms with Crippen molar-refractivity contribution in [3.63, 3.8) is 0 Å². The quantitative estimate of drug-likeness (QED) is 0.753. The molecule has 0 N–H and O–H groups in total. The molecule has 0 unspecified atom stereocenters. The van der Waals surface area contributed by atoms with Crippen LogP contribution in [0.2, 0.25) is 0 Å². The van der Waals surface area contributed by atoms with Crippen molar-refractivity contribution in [3.8, 4) is 0 Å². The van der Waals surface area contributed by atoms with Gasteiger partial charge in [-0.25, -0.2) is 4.98 Å². The molecule has 18 heavy (non-hydrogen) atoms. The summed E-state index contributed by atoms with van der Waals surface area (Å²) in [4.78, 5) is 11.3. The second-order valence-electron chi connectivity index (χ2n) is 5.02. The smallest absolute Gasteiger partial charge is 0.171 e. The fraction of sp³-hybridized carbons (Fsp3) is 0.692. The molecule has 1 spiro atoms. The van der Waals surface area contributed by atoms with Crippen LogP contribution < -0.4 is 4.90 Å². The van der Waals surface area contributed by atoms with Gasteiger partial charge in [-0.2, -0.15) is 0 Å². The number of aromatic nitrogens is 2. The van der Waals surface area contributed by atoms with Gasteiger partial charge < -0.3 is 14.4 Å². The first-order valence-corrected chi connectivity index (χ1v) is 6.52. The number of nitrogens with zero attached hydrogens (tertiary/aromatic N) is 3. The van der Waals surface area contributed by atoms with Crippen molar-refractivity contribution in [1.82, 2.24) is 9.97 Å². The maximum atomic E-state index is 5.73. The molecule has 0 radical (unpaired) electrons.